The Morgan fingerprint density at radius 2 is 2.06 bits per heavy atom. The highest BCUT2D eigenvalue weighted by molar-refractivity contribution is 5.63. The fraction of sp³-hybridized carbons (Fsp3) is 0.538. The second-order valence-corrected chi connectivity index (χ2v) is 5.07. The van der Waals surface area contributed by atoms with Crippen LogP contribution in [0.5, 0.6) is 5.75 Å². The zero-order valence-electron chi connectivity index (χ0n) is 11.0. The molecule has 100 valence electrons. The van der Waals surface area contributed by atoms with Gasteiger partial charge in [0.15, 0.2) is 0 Å². The quantitative estimate of drug-likeness (QED) is 0.462. The van der Waals surface area contributed by atoms with Crippen molar-refractivity contribution in [1.29, 1.82) is 0 Å². The maximum absolute atomic E-state index is 10.9. The third kappa shape index (κ3) is 4.24. The first-order valence-corrected chi connectivity index (χ1v) is 6.11. The minimum atomic E-state index is -0.491. The summed E-state index contributed by atoms with van der Waals surface area (Å²) < 4.78 is 0. The predicted octanol–water partition coefficient (Wildman–Crippen LogP) is 3.39. The number of nitro benzene ring substituents is 1. The van der Waals surface area contributed by atoms with Gasteiger partial charge in [-0.3, -0.25) is 10.1 Å². The van der Waals surface area contributed by atoms with Crippen LogP contribution in [0.2, 0.25) is 0 Å². The van der Waals surface area contributed by atoms with E-state index in [1.54, 1.807) is 0 Å². The van der Waals surface area contributed by atoms with Crippen LogP contribution in [-0.2, 0) is 0 Å². The third-order valence-corrected chi connectivity index (χ3v) is 2.69. The molecule has 18 heavy (non-hydrogen) atoms. The van der Waals surface area contributed by atoms with Crippen LogP contribution in [0.1, 0.15) is 27.2 Å². The summed E-state index contributed by atoms with van der Waals surface area (Å²) in [5.74, 6) is 0.956. The van der Waals surface area contributed by atoms with E-state index in [4.69, 9.17) is 0 Å². The minimum Gasteiger partial charge on any atom is -0.508 e. The Kier molecular flexibility index (Phi) is 4.95. The van der Waals surface area contributed by atoms with Gasteiger partial charge in [0.2, 0.25) is 0 Å². The molecule has 1 unspecified atom stereocenters. The Hall–Kier alpha value is -1.78. The number of rotatable bonds is 6. The molecule has 0 saturated heterocycles. The number of nitrogens with one attached hydrogen (secondary N) is 1. The van der Waals surface area contributed by atoms with E-state index in [0.717, 1.165) is 12.5 Å². The summed E-state index contributed by atoms with van der Waals surface area (Å²) in [4.78, 5) is 10.4. The molecular formula is C13H20N2O3. The number of anilines is 1. The number of phenolic OH excluding ortho intramolecular Hbond substituents is 1. The number of hydrogen-bond donors (Lipinski definition) is 2. The summed E-state index contributed by atoms with van der Waals surface area (Å²) in [5, 5.41) is 23.2. The number of phenols is 1. The lowest BCUT2D eigenvalue weighted by molar-refractivity contribution is -0.384. The van der Waals surface area contributed by atoms with Gasteiger partial charge < -0.3 is 10.4 Å². The van der Waals surface area contributed by atoms with Gasteiger partial charge in [0.05, 0.1) is 11.0 Å². The summed E-state index contributed by atoms with van der Waals surface area (Å²) in [6.07, 6.45) is 1.07. The summed E-state index contributed by atoms with van der Waals surface area (Å²) >= 11 is 0. The Balaban J connectivity index is 2.70. The smallest absolute Gasteiger partial charge is 0.296 e. The zero-order valence-corrected chi connectivity index (χ0v) is 11.0. The Morgan fingerprint density at radius 1 is 1.39 bits per heavy atom. The van der Waals surface area contributed by atoms with E-state index >= 15 is 0 Å². The Labute approximate surface area is 107 Å². The molecule has 0 aliphatic carbocycles. The SMILES string of the molecule is CC(C)CC(C)CNc1ccc(O)cc1[N+](=O)[O-]. The molecule has 1 atom stereocenters. The van der Waals surface area contributed by atoms with Crippen molar-refractivity contribution in [1.82, 2.24) is 0 Å². The number of nitrogens with zero attached hydrogens (tertiary/aromatic N) is 1. The molecule has 1 aromatic rings. The van der Waals surface area contributed by atoms with E-state index in [-0.39, 0.29) is 11.4 Å². The molecule has 0 bridgehead atoms. The first-order valence-electron chi connectivity index (χ1n) is 6.11. The van der Waals surface area contributed by atoms with Gasteiger partial charge in [-0.2, -0.15) is 0 Å². The van der Waals surface area contributed by atoms with Crippen LogP contribution in [0.25, 0.3) is 0 Å². The van der Waals surface area contributed by atoms with Crippen molar-refractivity contribution >= 4 is 11.4 Å². The molecule has 0 aliphatic heterocycles. The number of nitro groups is 1. The summed E-state index contributed by atoms with van der Waals surface area (Å²) in [5.41, 5.74) is 0.361. The first-order chi connectivity index (χ1) is 8.40. The summed E-state index contributed by atoms with van der Waals surface area (Å²) in [6.45, 7) is 7.10. The van der Waals surface area contributed by atoms with Crippen molar-refractivity contribution in [3.8, 4) is 5.75 Å². The Morgan fingerprint density at radius 3 is 2.61 bits per heavy atom. The molecule has 5 nitrogen and oxygen atoms in total. The molecule has 0 amide bonds. The molecular weight excluding hydrogens is 232 g/mol. The lowest BCUT2D eigenvalue weighted by Gasteiger charge is -2.15. The summed E-state index contributed by atoms with van der Waals surface area (Å²) in [7, 11) is 0. The van der Waals surface area contributed by atoms with Crippen LogP contribution in [-0.4, -0.2) is 16.6 Å². The standard InChI is InChI=1S/C13H20N2O3/c1-9(2)6-10(3)8-14-12-5-4-11(16)7-13(12)15(17)18/h4-5,7,9-10,14,16H,6,8H2,1-3H3. The monoisotopic (exact) mass is 252 g/mol. The van der Waals surface area contributed by atoms with E-state index < -0.39 is 4.92 Å². The number of benzene rings is 1. The van der Waals surface area contributed by atoms with Crippen LogP contribution in [0.4, 0.5) is 11.4 Å². The van der Waals surface area contributed by atoms with Gasteiger partial charge in [-0.25, -0.2) is 0 Å². The van der Waals surface area contributed by atoms with Crippen molar-refractivity contribution in [2.75, 3.05) is 11.9 Å². The molecule has 0 radical (unpaired) electrons. The van der Waals surface area contributed by atoms with E-state index in [2.05, 4.69) is 26.1 Å². The molecule has 0 fully saturated rings. The number of aromatic hydroxyl groups is 1. The zero-order chi connectivity index (χ0) is 13.7. The Bertz CT molecular complexity index is 419. The van der Waals surface area contributed by atoms with Crippen LogP contribution < -0.4 is 5.32 Å². The lowest BCUT2D eigenvalue weighted by Crippen LogP contribution is -2.14. The van der Waals surface area contributed by atoms with Gasteiger partial charge in [0, 0.05) is 6.54 Å². The van der Waals surface area contributed by atoms with Gasteiger partial charge >= 0.3 is 0 Å². The largest absolute Gasteiger partial charge is 0.508 e. The van der Waals surface area contributed by atoms with Crippen LogP contribution in [0, 0.1) is 22.0 Å². The van der Waals surface area contributed by atoms with E-state index in [1.165, 1.54) is 12.1 Å². The topological polar surface area (TPSA) is 75.4 Å². The van der Waals surface area contributed by atoms with Gasteiger partial charge in [-0.15, -0.1) is 0 Å². The second kappa shape index (κ2) is 6.23. The average molecular weight is 252 g/mol. The highest BCUT2D eigenvalue weighted by Gasteiger charge is 2.15. The molecule has 5 heteroatoms. The maximum atomic E-state index is 10.9. The molecule has 0 spiro atoms. The maximum Gasteiger partial charge on any atom is 0.296 e. The molecule has 0 saturated carbocycles. The first kappa shape index (κ1) is 14.3. The van der Waals surface area contributed by atoms with Crippen molar-refractivity contribution in [2.24, 2.45) is 11.8 Å². The van der Waals surface area contributed by atoms with Gasteiger partial charge in [0.1, 0.15) is 11.4 Å². The van der Waals surface area contributed by atoms with Crippen LogP contribution in [0.3, 0.4) is 0 Å². The molecule has 0 aliphatic rings. The van der Waals surface area contributed by atoms with Crippen molar-refractivity contribution in [3.63, 3.8) is 0 Å². The van der Waals surface area contributed by atoms with E-state index in [0.29, 0.717) is 24.1 Å². The third-order valence-electron chi connectivity index (χ3n) is 2.69. The molecule has 0 aromatic heterocycles. The van der Waals surface area contributed by atoms with Gasteiger partial charge in [-0.1, -0.05) is 20.8 Å². The van der Waals surface area contributed by atoms with Crippen molar-refractivity contribution in [3.05, 3.63) is 28.3 Å². The predicted molar refractivity (Wildman–Crippen MR) is 71.9 cm³/mol. The average Bonchev–Trinajstić information content (AvgIpc) is 2.26. The fourth-order valence-corrected chi connectivity index (χ4v) is 1.99. The highest BCUT2D eigenvalue weighted by Crippen LogP contribution is 2.28. The highest BCUT2D eigenvalue weighted by atomic mass is 16.6. The lowest BCUT2D eigenvalue weighted by atomic mass is 9.99. The summed E-state index contributed by atoms with van der Waals surface area (Å²) in [6, 6.07) is 4.15. The normalized spacial score (nSPS) is 12.4. The number of hydrogen-bond acceptors (Lipinski definition) is 4. The van der Waals surface area contributed by atoms with Crippen LogP contribution >= 0.6 is 0 Å². The van der Waals surface area contributed by atoms with E-state index in [1.807, 2.05) is 0 Å². The molecule has 1 rings (SSSR count). The fourth-order valence-electron chi connectivity index (χ4n) is 1.99. The van der Waals surface area contributed by atoms with Gasteiger partial charge in [0.25, 0.3) is 5.69 Å². The van der Waals surface area contributed by atoms with Gasteiger partial charge in [-0.05, 0) is 30.4 Å². The molecule has 0 heterocycles. The second-order valence-electron chi connectivity index (χ2n) is 5.07. The minimum absolute atomic E-state index is 0.0910. The molecule has 1 aromatic carbocycles. The van der Waals surface area contributed by atoms with Crippen LogP contribution in [0.15, 0.2) is 18.2 Å². The van der Waals surface area contributed by atoms with Crippen molar-refractivity contribution < 1.29 is 10.0 Å². The van der Waals surface area contributed by atoms with E-state index in [9.17, 15) is 15.2 Å². The van der Waals surface area contributed by atoms with Crippen molar-refractivity contribution in [2.45, 2.75) is 27.2 Å². The molecule has 2 N–H and O–H groups in total.